The number of methoxy groups -OCH3 is 3. The number of halogens is 1. The molecule has 0 saturated carbocycles. The van der Waals surface area contributed by atoms with Crippen LogP contribution in [0.5, 0.6) is 17.2 Å². The highest BCUT2D eigenvalue weighted by molar-refractivity contribution is 9.10. The van der Waals surface area contributed by atoms with Gasteiger partial charge in [-0.05, 0) is 34.1 Å². The standard InChI is InChI=1S/C14H15BrO5/c1-17-10-5-4-8(12(18-2)14(10)19-3)11(16)13-9(15)6-7-20-13/h4-7,11,16H,1-3H3. The summed E-state index contributed by atoms with van der Waals surface area (Å²) in [7, 11) is 4.56. The minimum atomic E-state index is -0.978. The molecule has 1 heterocycles. The maximum atomic E-state index is 10.5. The Balaban J connectivity index is 2.54. The topological polar surface area (TPSA) is 61.1 Å². The molecule has 0 saturated heterocycles. The minimum absolute atomic E-state index is 0.399. The summed E-state index contributed by atoms with van der Waals surface area (Å²) in [6.45, 7) is 0. The van der Waals surface area contributed by atoms with Gasteiger partial charge in [-0.3, -0.25) is 0 Å². The third-order valence-corrected chi connectivity index (χ3v) is 3.58. The Morgan fingerprint density at radius 1 is 1.05 bits per heavy atom. The van der Waals surface area contributed by atoms with Crippen molar-refractivity contribution in [3.05, 3.63) is 40.3 Å². The lowest BCUT2D eigenvalue weighted by atomic mass is 10.0. The van der Waals surface area contributed by atoms with Crippen molar-refractivity contribution in [2.24, 2.45) is 0 Å². The second-order valence-corrected chi connectivity index (χ2v) is 4.81. The summed E-state index contributed by atoms with van der Waals surface area (Å²) in [6.07, 6.45) is 0.518. The first-order chi connectivity index (χ1) is 9.63. The molecule has 6 heteroatoms. The van der Waals surface area contributed by atoms with E-state index in [1.165, 1.54) is 27.6 Å². The van der Waals surface area contributed by atoms with Gasteiger partial charge >= 0.3 is 0 Å². The Hall–Kier alpha value is -1.66. The van der Waals surface area contributed by atoms with Crippen LogP contribution in [-0.4, -0.2) is 26.4 Å². The molecule has 0 radical (unpaired) electrons. The molecule has 5 nitrogen and oxygen atoms in total. The molecule has 1 atom stereocenters. The van der Waals surface area contributed by atoms with E-state index in [9.17, 15) is 5.11 Å². The number of hydrogen-bond donors (Lipinski definition) is 1. The molecule has 1 unspecified atom stereocenters. The zero-order valence-electron chi connectivity index (χ0n) is 11.3. The molecule has 0 amide bonds. The van der Waals surface area contributed by atoms with Gasteiger partial charge in [-0.1, -0.05) is 0 Å². The van der Waals surface area contributed by atoms with Crippen LogP contribution >= 0.6 is 15.9 Å². The largest absolute Gasteiger partial charge is 0.493 e. The van der Waals surface area contributed by atoms with Crippen molar-refractivity contribution in [1.82, 2.24) is 0 Å². The zero-order valence-corrected chi connectivity index (χ0v) is 12.9. The van der Waals surface area contributed by atoms with Gasteiger partial charge in [-0.2, -0.15) is 0 Å². The summed E-state index contributed by atoms with van der Waals surface area (Å²) in [5.74, 6) is 1.76. The molecule has 1 aromatic carbocycles. The van der Waals surface area contributed by atoms with Crippen molar-refractivity contribution < 1.29 is 23.7 Å². The Labute approximate surface area is 125 Å². The van der Waals surface area contributed by atoms with Gasteiger partial charge in [0, 0.05) is 5.56 Å². The number of benzene rings is 1. The molecular formula is C14H15BrO5. The highest BCUT2D eigenvalue weighted by atomic mass is 79.9. The van der Waals surface area contributed by atoms with E-state index in [4.69, 9.17) is 18.6 Å². The van der Waals surface area contributed by atoms with Crippen LogP contribution in [0.3, 0.4) is 0 Å². The van der Waals surface area contributed by atoms with E-state index in [2.05, 4.69) is 15.9 Å². The molecule has 20 heavy (non-hydrogen) atoms. The van der Waals surface area contributed by atoms with Crippen molar-refractivity contribution in [2.75, 3.05) is 21.3 Å². The second kappa shape index (κ2) is 6.19. The molecule has 2 aromatic rings. The Morgan fingerprint density at radius 3 is 2.25 bits per heavy atom. The molecule has 1 aromatic heterocycles. The van der Waals surface area contributed by atoms with Gasteiger partial charge in [0.2, 0.25) is 5.75 Å². The SMILES string of the molecule is COc1ccc(C(O)c2occc2Br)c(OC)c1OC. The van der Waals surface area contributed by atoms with Crippen LogP contribution in [0.15, 0.2) is 33.4 Å². The predicted molar refractivity (Wildman–Crippen MR) is 76.6 cm³/mol. The first kappa shape index (κ1) is 14.7. The normalized spacial score (nSPS) is 12.1. The van der Waals surface area contributed by atoms with Crippen molar-refractivity contribution >= 4 is 15.9 Å². The van der Waals surface area contributed by atoms with Crippen LogP contribution in [0.1, 0.15) is 17.4 Å². The fourth-order valence-corrected chi connectivity index (χ4v) is 2.40. The number of aliphatic hydroxyl groups is 1. The Bertz CT molecular complexity index is 593. The maximum absolute atomic E-state index is 10.5. The Kier molecular flexibility index (Phi) is 4.57. The van der Waals surface area contributed by atoms with Crippen LogP contribution in [0.25, 0.3) is 0 Å². The minimum Gasteiger partial charge on any atom is -0.493 e. The highest BCUT2D eigenvalue weighted by Gasteiger charge is 2.25. The first-order valence-electron chi connectivity index (χ1n) is 5.83. The summed E-state index contributed by atoms with van der Waals surface area (Å²) in [5, 5.41) is 10.5. The molecular weight excluding hydrogens is 328 g/mol. The van der Waals surface area contributed by atoms with E-state index in [1.54, 1.807) is 18.2 Å². The molecule has 0 fully saturated rings. The van der Waals surface area contributed by atoms with Gasteiger partial charge in [-0.25, -0.2) is 0 Å². The van der Waals surface area contributed by atoms with Crippen molar-refractivity contribution in [3.8, 4) is 17.2 Å². The summed E-state index contributed by atoms with van der Waals surface area (Å²) in [4.78, 5) is 0. The fraction of sp³-hybridized carbons (Fsp3) is 0.286. The summed E-state index contributed by atoms with van der Waals surface area (Å²) < 4.78 is 21.8. The van der Waals surface area contributed by atoms with E-state index in [0.29, 0.717) is 33.0 Å². The van der Waals surface area contributed by atoms with Crippen LogP contribution < -0.4 is 14.2 Å². The summed E-state index contributed by atoms with van der Waals surface area (Å²) in [5.41, 5.74) is 0.529. The third-order valence-electron chi connectivity index (χ3n) is 2.92. The molecule has 0 spiro atoms. The van der Waals surface area contributed by atoms with Crippen LogP contribution in [0, 0.1) is 0 Å². The lowest BCUT2D eigenvalue weighted by Gasteiger charge is -2.18. The van der Waals surface area contributed by atoms with Gasteiger partial charge in [0.15, 0.2) is 17.3 Å². The van der Waals surface area contributed by atoms with Gasteiger partial charge < -0.3 is 23.7 Å². The van der Waals surface area contributed by atoms with Gasteiger partial charge in [-0.15, -0.1) is 0 Å². The quantitative estimate of drug-likeness (QED) is 0.904. The van der Waals surface area contributed by atoms with Gasteiger partial charge in [0.1, 0.15) is 6.10 Å². The molecule has 0 aliphatic carbocycles. The zero-order chi connectivity index (χ0) is 14.7. The number of rotatable bonds is 5. The van der Waals surface area contributed by atoms with E-state index in [1.807, 2.05) is 0 Å². The smallest absolute Gasteiger partial charge is 0.203 e. The highest BCUT2D eigenvalue weighted by Crippen LogP contribution is 2.44. The van der Waals surface area contributed by atoms with Crippen LogP contribution in [0.2, 0.25) is 0 Å². The molecule has 0 bridgehead atoms. The van der Waals surface area contributed by atoms with E-state index >= 15 is 0 Å². The van der Waals surface area contributed by atoms with Gasteiger partial charge in [0.25, 0.3) is 0 Å². The maximum Gasteiger partial charge on any atom is 0.203 e. The average Bonchev–Trinajstić information content (AvgIpc) is 2.90. The van der Waals surface area contributed by atoms with E-state index < -0.39 is 6.10 Å². The fourth-order valence-electron chi connectivity index (χ4n) is 1.98. The van der Waals surface area contributed by atoms with Crippen LogP contribution in [-0.2, 0) is 0 Å². The molecule has 108 valence electrons. The lowest BCUT2D eigenvalue weighted by molar-refractivity contribution is 0.182. The molecule has 1 N–H and O–H groups in total. The number of furan rings is 1. The summed E-state index contributed by atoms with van der Waals surface area (Å²) >= 11 is 3.32. The van der Waals surface area contributed by atoms with Crippen LogP contribution in [0.4, 0.5) is 0 Å². The number of ether oxygens (including phenoxy) is 3. The number of aliphatic hydroxyl groups excluding tert-OH is 1. The second-order valence-electron chi connectivity index (χ2n) is 3.96. The first-order valence-corrected chi connectivity index (χ1v) is 6.63. The molecule has 2 rings (SSSR count). The lowest BCUT2D eigenvalue weighted by Crippen LogP contribution is -2.04. The predicted octanol–water partition coefficient (Wildman–Crippen LogP) is 3.15. The van der Waals surface area contributed by atoms with Crippen molar-refractivity contribution in [2.45, 2.75) is 6.10 Å². The molecule has 0 aliphatic rings. The third kappa shape index (κ3) is 2.48. The monoisotopic (exact) mass is 342 g/mol. The molecule has 0 aliphatic heterocycles. The van der Waals surface area contributed by atoms with E-state index in [0.717, 1.165) is 0 Å². The van der Waals surface area contributed by atoms with Crippen molar-refractivity contribution in [1.29, 1.82) is 0 Å². The summed E-state index contributed by atoms with van der Waals surface area (Å²) in [6, 6.07) is 5.13. The van der Waals surface area contributed by atoms with E-state index in [-0.39, 0.29) is 0 Å². The van der Waals surface area contributed by atoms with Crippen molar-refractivity contribution in [3.63, 3.8) is 0 Å². The average molecular weight is 343 g/mol. The Morgan fingerprint density at radius 2 is 1.75 bits per heavy atom. The van der Waals surface area contributed by atoms with Gasteiger partial charge in [0.05, 0.1) is 32.1 Å². The number of hydrogen-bond acceptors (Lipinski definition) is 5.